The summed E-state index contributed by atoms with van der Waals surface area (Å²) >= 11 is 0. The average molecular weight is 379 g/mol. The minimum atomic E-state index is -0.309. The Morgan fingerprint density at radius 3 is 2.68 bits per heavy atom. The topological polar surface area (TPSA) is 104 Å². The molecule has 0 atom stereocenters. The zero-order valence-corrected chi connectivity index (χ0v) is 16.4. The Balaban J connectivity index is 1.87. The van der Waals surface area contributed by atoms with Crippen molar-refractivity contribution in [1.29, 1.82) is 0 Å². The van der Waals surface area contributed by atoms with Crippen LogP contribution in [0.2, 0.25) is 0 Å². The van der Waals surface area contributed by atoms with Crippen molar-refractivity contribution in [3.05, 3.63) is 41.0 Å². The maximum absolute atomic E-state index is 13.0. The number of pyridine rings is 1. The molecule has 1 amide bonds. The lowest BCUT2D eigenvalue weighted by atomic mass is 10.0. The van der Waals surface area contributed by atoms with Gasteiger partial charge in [0.15, 0.2) is 5.65 Å². The molecule has 0 aromatic carbocycles. The molecule has 9 nitrogen and oxygen atoms in total. The fourth-order valence-corrected chi connectivity index (χ4v) is 3.41. The van der Waals surface area contributed by atoms with Crippen LogP contribution in [0.1, 0.15) is 34.4 Å². The van der Waals surface area contributed by atoms with E-state index in [1.165, 1.54) is 0 Å². The molecule has 0 bridgehead atoms. The van der Waals surface area contributed by atoms with E-state index >= 15 is 0 Å². The highest BCUT2D eigenvalue weighted by Gasteiger charge is 2.21. The van der Waals surface area contributed by atoms with Crippen LogP contribution < -0.4 is 5.32 Å². The van der Waals surface area contributed by atoms with Gasteiger partial charge in [-0.2, -0.15) is 10.2 Å². The Hall–Kier alpha value is -3.49. The molecule has 4 rings (SSSR count). The molecule has 0 spiro atoms. The molecule has 0 fully saturated rings. The minimum Gasteiger partial charge on any atom is -0.338 e. The summed E-state index contributed by atoms with van der Waals surface area (Å²) in [7, 11) is 1.80. The molecule has 144 valence electrons. The lowest BCUT2D eigenvalue weighted by Gasteiger charge is -2.08. The number of rotatable bonds is 4. The summed E-state index contributed by atoms with van der Waals surface area (Å²) in [5.41, 5.74) is 5.26. The van der Waals surface area contributed by atoms with Gasteiger partial charge in [-0.1, -0.05) is 5.16 Å². The number of anilines is 1. The van der Waals surface area contributed by atoms with Gasteiger partial charge in [0.2, 0.25) is 5.88 Å². The monoisotopic (exact) mass is 379 g/mol. The summed E-state index contributed by atoms with van der Waals surface area (Å²) in [6.45, 7) is 8.55. The first-order valence-corrected chi connectivity index (χ1v) is 9.00. The Morgan fingerprint density at radius 1 is 1.25 bits per heavy atom. The predicted molar refractivity (Wildman–Crippen MR) is 104 cm³/mol. The van der Waals surface area contributed by atoms with Crippen molar-refractivity contribution in [2.45, 2.75) is 34.2 Å². The molecule has 0 aliphatic rings. The van der Waals surface area contributed by atoms with E-state index in [4.69, 9.17) is 9.51 Å². The highest BCUT2D eigenvalue weighted by atomic mass is 16.5. The van der Waals surface area contributed by atoms with Gasteiger partial charge in [0, 0.05) is 30.9 Å². The number of aryl methyl sites for hydroxylation is 4. The Kier molecular flexibility index (Phi) is 4.21. The summed E-state index contributed by atoms with van der Waals surface area (Å²) in [6, 6.07) is 3.44. The van der Waals surface area contributed by atoms with Gasteiger partial charge in [-0.15, -0.1) is 0 Å². The Labute approximate surface area is 161 Å². The van der Waals surface area contributed by atoms with E-state index in [0.29, 0.717) is 33.9 Å². The van der Waals surface area contributed by atoms with Gasteiger partial charge in [-0.05, 0) is 33.8 Å². The maximum atomic E-state index is 13.0. The van der Waals surface area contributed by atoms with Crippen molar-refractivity contribution in [3.63, 3.8) is 0 Å². The number of nitrogens with zero attached hydrogens (tertiary/aromatic N) is 6. The molecule has 0 aliphatic carbocycles. The van der Waals surface area contributed by atoms with E-state index in [-0.39, 0.29) is 5.91 Å². The molecule has 4 heterocycles. The van der Waals surface area contributed by atoms with Crippen LogP contribution in [-0.4, -0.2) is 35.6 Å². The first kappa shape index (κ1) is 17.9. The summed E-state index contributed by atoms with van der Waals surface area (Å²) < 4.78 is 8.70. The SMILES string of the molecule is CCn1nc(C)c(-c2cc(C(=O)Nc3cc(C)no3)c3cnn(C)c3n2)c1C. The van der Waals surface area contributed by atoms with E-state index in [1.54, 1.807) is 37.0 Å². The molecule has 9 heteroatoms. The summed E-state index contributed by atoms with van der Waals surface area (Å²) in [5, 5.41) is 16.1. The van der Waals surface area contributed by atoms with Crippen LogP contribution in [0.3, 0.4) is 0 Å². The van der Waals surface area contributed by atoms with Crippen molar-refractivity contribution in [2.24, 2.45) is 7.05 Å². The lowest BCUT2D eigenvalue weighted by molar-refractivity contribution is 0.102. The highest BCUT2D eigenvalue weighted by Crippen LogP contribution is 2.29. The second-order valence-corrected chi connectivity index (χ2v) is 6.71. The van der Waals surface area contributed by atoms with Gasteiger partial charge in [0.1, 0.15) is 0 Å². The molecule has 0 unspecified atom stereocenters. The quantitative estimate of drug-likeness (QED) is 0.584. The molecule has 28 heavy (non-hydrogen) atoms. The molecule has 0 aliphatic heterocycles. The number of amides is 1. The minimum absolute atomic E-state index is 0.295. The fraction of sp³-hybridized carbons (Fsp3) is 0.316. The standard InChI is InChI=1S/C19H21N7O2/c1-6-26-12(4)17(11(3)23-26)15-8-13(14-9-20-25(5)18(14)21-15)19(27)22-16-7-10(2)24-28-16/h7-9H,6H2,1-5H3,(H,22,27). The second-order valence-electron chi connectivity index (χ2n) is 6.71. The van der Waals surface area contributed by atoms with E-state index in [1.807, 2.05) is 25.5 Å². The van der Waals surface area contributed by atoms with E-state index in [9.17, 15) is 4.79 Å². The third-order valence-corrected chi connectivity index (χ3v) is 4.75. The van der Waals surface area contributed by atoms with Crippen LogP contribution in [0.25, 0.3) is 22.3 Å². The van der Waals surface area contributed by atoms with Crippen LogP contribution in [0.4, 0.5) is 5.88 Å². The zero-order valence-electron chi connectivity index (χ0n) is 16.4. The van der Waals surface area contributed by atoms with Crippen molar-refractivity contribution in [2.75, 3.05) is 5.32 Å². The number of aromatic nitrogens is 6. The molecule has 0 radical (unpaired) electrons. The van der Waals surface area contributed by atoms with Gasteiger partial charge in [0.25, 0.3) is 5.91 Å². The number of hydrogen-bond donors (Lipinski definition) is 1. The molecule has 1 N–H and O–H groups in total. The van der Waals surface area contributed by atoms with Crippen molar-refractivity contribution >= 4 is 22.8 Å². The molecular weight excluding hydrogens is 358 g/mol. The smallest absolute Gasteiger partial charge is 0.258 e. The van der Waals surface area contributed by atoms with E-state index in [2.05, 4.69) is 20.7 Å². The van der Waals surface area contributed by atoms with Crippen molar-refractivity contribution < 1.29 is 9.32 Å². The number of carbonyl (C=O) groups is 1. The van der Waals surface area contributed by atoms with Gasteiger partial charge in [-0.3, -0.25) is 19.5 Å². The molecule has 4 aromatic heterocycles. The van der Waals surface area contributed by atoms with Crippen LogP contribution in [0, 0.1) is 20.8 Å². The fourth-order valence-electron chi connectivity index (χ4n) is 3.41. The lowest BCUT2D eigenvalue weighted by Crippen LogP contribution is -2.12. The average Bonchev–Trinajstić information content (AvgIpc) is 3.32. The van der Waals surface area contributed by atoms with Crippen molar-refractivity contribution in [1.82, 2.24) is 29.7 Å². The van der Waals surface area contributed by atoms with Gasteiger partial charge < -0.3 is 4.52 Å². The molecule has 0 saturated heterocycles. The molecule has 0 saturated carbocycles. The van der Waals surface area contributed by atoms with Gasteiger partial charge >= 0.3 is 0 Å². The van der Waals surface area contributed by atoms with Crippen LogP contribution >= 0.6 is 0 Å². The normalized spacial score (nSPS) is 11.3. The highest BCUT2D eigenvalue weighted by molar-refractivity contribution is 6.12. The van der Waals surface area contributed by atoms with Crippen molar-refractivity contribution in [3.8, 4) is 11.3 Å². The number of carbonyl (C=O) groups excluding carboxylic acids is 1. The predicted octanol–water partition coefficient (Wildman–Crippen LogP) is 3.02. The largest absolute Gasteiger partial charge is 0.338 e. The summed E-state index contributed by atoms with van der Waals surface area (Å²) in [6.07, 6.45) is 1.64. The van der Waals surface area contributed by atoms with E-state index < -0.39 is 0 Å². The van der Waals surface area contributed by atoms with Crippen LogP contribution in [0.15, 0.2) is 22.9 Å². The maximum Gasteiger partial charge on any atom is 0.258 e. The number of nitrogens with one attached hydrogen (secondary N) is 1. The Bertz CT molecular complexity index is 1200. The van der Waals surface area contributed by atoms with E-state index in [0.717, 1.165) is 23.5 Å². The third-order valence-electron chi connectivity index (χ3n) is 4.75. The molecular formula is C19H21N7O2. The van der Waals surface area contributed by atoms with Gasteiger partial charge in [-0.25, -0.2) is 4.98 Å². The summed E-state index contributed by atoms with van der Waals surface area (Å²) in [5.74, 6) is -0.0138. The first-order chi connectivity index (χ1) is 13.4. The van der Waals surface area contributed by atoms with Gasteiger partial charge in [0.05, 0.1) is 34.2 Å². The Morgan fingerprint density at radius 2 is 2.04 bits per heavy atom. The first-order valence-electron chi connectivity index (χ1n) is 9.00. The summed E-state index contributed by atoms with van der Waals surface area (Å²) in [4.78, 5) is 17.7. The zero-order chi connectivity index (χ0) is 20.0. The van der Waals surface area contributed by atoms with Crippen LogP contribution in [-0.2, 0) is 13.6 Å². The number of hydrogen-bond acceptors (Lipinski definition) is 6. The second kappa shape index (κ2) is 6.59. The molecule has 4 aromatic rings. The van der Waals surface area contributed by atoms with Crippen LogP contribution in [0.5, 0.6) is 0 Å². The number of fused-ring (bicyclic) bond motifs is 1. The third kappa shape index (κ3) is 2.84.